The van der Waals surface area contributed by atoms with Crippen molar-refractivity contribution in [3.8, 4) is 0 Å². The lowest BCUT2D eigenvalue weighted by atomic mass is 10.1. The number of ether oxygens (including phenoxy) is 1. The molecule has 0 aromatic heterocycles. The van der Waals surface area contributed by atoms with E-state index in [0.717, 1.165) is 19.3 Å². The molecule has 0 unspecified atom stereocenters. The highest BCUT2D eigenvalue weighted by molar-refractivity contribution is 5.82. The molecule has 3 nitrogen and oxygen atoms in total. The maximum Gasteiger partial charge on any atom is 0.306 e. The van der Waals surface area contributed by atoms with Gasteiger partial charge in [0.25, 0.3) is 0 Å². The quantitative estimate of drug-likeness (QED) is 0.410. The molecule has 0 rings (SSSR count). The largest absolute Gasteiger partial charge is 0.466 e. The Morgan fingerprint density at radius 3 is 2.18 bits per heavy atom. The fraction of sp³-hybridized carbons (Fsp3) is 0.857. The number of hydrogen-bond acceptors (Lipinski definition) is 3. The van der Waals surface area contributed by atoms with Gasteiger partial charge in [-0.15, -0.1) is 0 Å². The fourth-order valence-corrected chi connectivity index (χ4v) is 1.58. The lowest BCUT2D eigenvalue weighted by molar-refractivity contribution is -0.144. The molecule has 0 amide bonds. The Balaban J connectivity index is 3.36. The minimum Gasteiger partial charge on any atom is -0.466 e. The van der Waals surface area contributed by atoms with E-state index in [1.807, 2.05) is 6.92 Å². The van der Waals surface area contributed by atoms with Crippen molar-refractivity contribution in [3.63, 3.8) is 0 Å². The molecule has 0 saturated carbocycles. The van der Waals surface area contributed by atoms with Crippen LogP contribution in [0, 0.1) is 0 Å². The van der Waals surface area contributed by atoms with Crippen LogP contribution in [0.25, 0.3) is 0 Å². The Bertz CT molecular complexity index is 212. The monoisotopic (exact) mass is 242 g/mol. The second kappa shape index (κ2) is 11.6. The van der Waals surface area contributed by atoms with Gasteiger partial charge in [0.2, 0.25) is 0 Å². The maximum absolute atomic E-state index is 11.4. The topological polar surface area (TPSA) is 43.4 Å². The Hall–Kier alpha value is -0.860. The van der Waals surface area contributed by atoms with Crippen molar-refractivity contribution in [2.75, 3.05) is 6.61 Å². The number of carbonyl (C=O) groups is 2. The van der Waals surface area contributed by atoms with Crippen LogP contribution in [-0.4, -0.2) is 18.4 Å². The molecule has 0 aromatic rings. The molecule has 0 saturated heterocycles. The highest BCUT2D eigenvalue weighted by Crippen LogP contribution is 2.07. The molecule has 17 heavy (non-hydrogen) atoms. The van der Waals surface area contributed by atoms with Gasteiger partial charge in [-0.25, -0.2) is 0 Å². The Morgan fingerprint density at radius 2 is 1.53 bits per heavy atom. The first-order valence-corrected chi connectivity index (χ1v) is 6.88. The maximum atomic E-state index is 11.4. The number of ketones is 1. The Kier molecular flexibility index (Phi) is 11.0. The summed E-state index contributed by atoms with van der Waals surface area (Å²) < 4.78 is 4.91. The summed E-state index contributed by atoms with van der Waals surface area (Å²) in [7, 11) is 0. The molecule has 0 aliphatic carbocycles. The summed E-state index contributed by atoms with van der Waals surface area (Å²) in [6, 6.07) is 0. The van der Waals surface area contributed by atoms with E-state index in [2.05, 4.69) is 6.92 Å². The van der Waals surface area contributed by atoms with Crippen molar-refractivity contribution in [1.29, 1.82) is 0 Å². The third-order valence-corrected chi connectivity index (χ3v) is 2.63. The van der Waals surface area contributed by atoms with E-state index in [0.29, 0.717) is 19.4 Å². The van der Waals surface area contributed by atoms with Gasteiger partial charge in [0.05, 0.1) is 13.0 Å². The van der Waals surface area contributed by atoms with E-state index in [9.17, 15) is 9.59 Å². The molecular weight excluding hydrogens is 216 g/mol. The predicted octanol–water partition coefficient (Wildman–Crippen LogP) is 3.65. The summed E-state index contributed by atoms with van der Waals surface area (Å²) in [5, 5.41) is 0. The molecule has 0 heterocycles. The molecular formula is C14H26O3. The van der Waals surface area contributed by atoms with Gasteiger partial charge >= 0.3 is 5.97 Å². The van der Waals surface area contributed by atoms with E-state index >= 15 is 0 Å². The zero-order valence-electron chi connectivity index (χ0n) is 11.3. The molecule has 100 valence electrons. The number of rotatable bonds is 11. The highest BCUT2D eigenvalue weighted by Gasteiger charge is 2.07. The lowest BCUT2D eigenvalue weighted by Gasteiger charge is -2.03. The van der Waals surface area contributed by atoms with Crippen molar-refractivity contribution in [2.24, 2.45) is 0 Å². The van der Waals surface area contributed by atoms with Crippen LogP contribution in [0.4, 0.5) is 0 Å². The van der Waals surface area contributed by atoms with Gasteiger partial charge in [-0.05, 0) is 12.8 Å². The van der Waals surface area contributed by atoms with Gasteiger partial charge < -0.3 is 4.74 Å². The number of Topliss-reactive ketones (excluding diaryl/α,β-unsaturated/α-hetero) is 1. The van der Waals surface area contributed by atoms with Crippen molar-refractivity contribution < 1.29 is 14.3 Å². The van der Waals surface area contributed by atoms with Gasteiger partial charge in [0.1, 0.15) is 5.78 Å². The fourth-order valence-electron chi connectivity index (χ4n) is 1.58. The van der Waals surface area contributed by atoms with E-state index < -0.39 is 0 Å². The van der Waals surface area contributed by atoms with Crippen LogP contribution in [-0.2, 0) is 14.3 Å². The lowest BCUT2D eigenvalue weighted by Crippen LogP contribution is -2.08. The molecule has 0 radical (unpaired) electrons. The smallest absolute Gasteiger partial charge is 0.306 e. The molecule has 0 bridgehead atoms. The van der Waals surface area contributed by atoms with Gasteiger partial charge in [0, 0.05) is 12.8 Å². The van der Waals surface area contributed by atoms with Gasteiger partial charge in [0.15, 0.2) is 0 Å². The summed E-state index contributed by atoms with van der Waals surface area (Å²) in [6.45, 7) is 4.59. The molecule has 0 N–H and O–H groups in total. The normalized spacial score (nSPS) is 10.2. The zero-order chi connectivity index (χ0) is 12.9. The third-order valence-electron chi connectivity index (χ3n) is 2.63. The van der Waals surface area contributed by atoms with Gasteiger partial charge in [-0.1, -0.05) is 39.5 Å². The van der Waals surface area contributed by atoms with Crippen molar-refractivity contribution >= 4 is 11.8 Å². The number of unbranched alkanes of at least 4 members (excludes halogenated alkanes) is 4. The minimum absolute atomic E-state index is 0.190. The van der Waals surface area contributed by atoms with Crippen molar-refractivity contribution in [3.05, 3.63) is 0 Å². The summed E-state index contributed by atoms with van der Waals surface area (Å²) >= 11 is 0. The summed E-state index contributed by atoms with van der Waals surface area (Å²) in [5.41, 5.74) is 0. The average Bonchev–Trinajstić information content (AvgIpc) is 2.33. The molecule has 0 fully saturated rings. The van der Waals surface area contributed by atoms with Gasteiger partial charge in [-0.2, -0.15) is 0 Å². The Labute approximate surface area is 105 Å². The van der Waals surface area contributed by atoms with Gasteiger partial charge in [-0.3, -0.25) is 9.59 Å². The van der Waals surface area contributed by atoms with Crippen molar-refractivity contribution in [1.82, 2.24) is 0 Å². The van der Waals surface area contributed by atoms with Crippen LogP contribution in [0.15, 0.2) is 0 Å². The van der Waals surface area contributed by atoms with E-state index in [1.54, 1.807) is 0 Å². The van der Waals surface area contributed by atoms with Crippen LogP contribution in [0.3, 0.4) is 0 Å². The molecule has 3 heteroatoms. The van der Waals surface area contributed by atoms with Crippen LogP contribution in [0.5, 0.6) is 0 Å². The van der Waals surface area contributed by atoms with Crippen LogP contribution in [0.1, 0.15) is 71.6 Å². The van der Waals surface area contributed by atoms with Crippen LogP contribution < -0.4 is 0 Å². The minimum atomic E-state index is -0.244. The van der Waals surface area contributed by atoms with Crippen LogP contribution in [0.2, 0.25) is 0 Å². The molecule has 0 aromatic carbocycles. The van der Waals surface area contributed by atoms with E-state index in [1.165, 1.54) is 19.3 Å². The highest BCUT2D eigenvalue weighted by atomic mass is 16.5. The SMILES string of the molecule is CCCCCCCC(=O)CCC(=O)OCCC. The van der Waals surface area contributed by atoms with Crippen LogP contribution >= 0.6 is 0 Å². The molecule has 0 aliphatic rings. The zero-order valence-corrected chi connectivity index (χ0v) is 11.3. The number of hydrogen-bond donors (Lipinski definition) is 0. The summed E-state index contributed by atoms with van der Waals surface area (Å²) in [6.07, 6.45) is 7.80. The first-order chi connectivity index (χ1) is 8.20. The first kappa shape index (κ1) is 16.1. The average molecular weight is 242 g/mol. The molecule has 0 spiro atoms. The first-order valence-electron chi connectivity index (χ1n) is 6.88. The second-order valence-electron chi connectivity index (χ2n) is 4.42. The Morgan fingerprint density at radius 1 is 0.824 bits per heavy atom. The predicted molar refractivity (Wildman–Crippen MR) is 68.9 cm³/mol. The standard InChI is InChI=1S/C14H26O3/c1-3-5-6-7-8-9-13(15)10-11-14(16)17-12-4-2/h3-12H2,1-2H3. The molecule has 0 atom stereocenters. The number of esters is 1. The third kappa shape index (κ3) is 11.4. The summed E-state index contributed by atoms with van der Waals surface area (Å²) in [4.78, 5) is 22.6. The number of carbonyl (C=O) groups excluding carboxylic acids is 2. The molecule has 0 aliphatic heterocycles. The summed E-state index contributed by atoms with van der Waals surface area (Å²) in [5.74, 6) is -0.0545. The van der Waals surface area contributed by atoms with E-state index in [-0.39, 0.29) is 18.2 Å². The van der Waals surface area contributed by atoms with E-state index in [4.69, 9.17) is 4.74 Å². The van der Waals surface area contributed by atoms with Crippen molar-refractivity contribution in [2.45, 2.75) is 71.6 Å². The second-order valence-corrected chi connectivity index (χ2v) is 4.42.